The molecule has 0 radical (unpaired) electrons. The Hall–Kier alpha value is -2.51. The molecular formula is C23H30F2N2O3. The molecule has 0 aliphatic rings. The van der Waals surface area contributed by atoms with E-state index in [1.165, 1.54) is 6.07 Å². The van der Waals surface area contributed by atoms with Crippen molar-refractivity contribution in [2.45, 2.75) is 46.6 Å². The third kappa shape index (κ3) is 7.39. The molecule has 1 unspecified atom stereocenters. The van der Waals surface area contributed by atoms with E-state index in [0.29, 0.717) is 24.6 Å². The number of hydroxylamine groups is 1. The average molecular weight is 421 g/mol. The van der Waals surface area contributed by atoms with E-state index in [-0.39, 0.29) is 24.0 Å². The van der Waals surface area contributed by atoms with Gasteiger partial charge in [-0.3, -0.25) is 9.63 Å². The molecule has 0 fully saturated rings. The first-order chi connectivity index (χ1) is 14.3. The number of nitrogens with one attached hydrogen (secondary N) is 2. The lowest BCUT2D eigenvalue weighted by molar-refractivity contribution is -0.00125. The Morgan fingerprint density at radius 3 is 2.37 bits per heavy atom. The summed E-state index contributed by atoms with van der Waals surface area (Å²) in [7, 11) is 0. The Balaban J connectivity index is 1.93. The zero-order valence-electron chi connectivity index (χ0n) is 17.9. The number of halogens is 2. The second-order valence-electron chi connectivity index (χ2n) is 7.71. The van der Waals surface area contributed by atoms with E-state index < -0.39 is 17.5 Å². The van der Waals surface area contributed by atoms with Crippen LogP contribution < -0.4 is 10.8 Å². The highest BCUT2D eigenvalue weighted by atomic mass is 19.2. The number of rotatable bonds is 11. The lowest BCUT2D eigenvalue weighted by atomic mass is 10.1. The van der Waals surface area contributed by atoms with Crippen molar-refractivity contribution >= 4 is 17.3 Å². The number of aryl methyl sites for hydroxylation is 1. The van der Waals surface area contributed by atoms with Crippen LogP contribution >= 0.6 is 0 Å². The average Bonchev–Trinajstić information content (AvgIpc) is 2.70. The summed E-state index contributed by atoms with van der Waals surface area (Å²) in [5.41, 5.74) is 3.54. The van der Waals surface area contributed by atoms with Gasteiger partial charge < -0.3 is 10.1 Å². The Kier molecular flexibility index (Phi) is 9.20. The van der Waals surface area contributed by atoms with Gasteiger partial charge in [0.25, 0.3) is 5.91 Å². The van der Waals surface area contributed by atoms with Crippen molar-refractivity contribution in [3.8, 4) is 0 Å². The summed E-state index contributed by atoms with van der Waals surface area (Å²) in [5.74, 6) is -2.27. The van der Waals surface area contributed by atoms with Gasteiger partial charge in [-0.1, -0.05) is 31.5 Å². The topological polar surface area (TPSA) is 59.6 Å². The van der Waals surface area contributed by atoms with Crippen LogP contribution in [-0.2, 0) is 9.57 Å². The van der Waals surface area contributed by atoms with Crippen molar-refractivity contribution in [1.29, 1.82) is 0 Å². The molecule has 30 heavy (non-hydrogen) atoms. The van der Waals surface area contributed by atoms with Crippen molar-refractivity contribution in [3.63, 3.8) is 0 Å². The van der Waals surface area contributed by atoms with Crippen molar-refractivity contribution in [1.82, 2.24) is 5.48 Å². The number of amides is 1. The van der Waals surface area contributed by atoms with Crippen molar-refractivity contribution in [2.24, 2.45) is 5.92 Å². The molecule has 0 aliphatic heterocycles. The molecule has 0 heterocycles. The zero-order chi connectivity index (χ0) is 22.1. The minimum atomic E-state index is -1.13. The lowest BCUT2D eigenvalue weighted by Gasteiger charge is -2.15. The summed E-state index contributed by atoms with van der Waals surface area (Å²) in [6, 6.07) is 9.22. The molecule has 0 bridgehead atoms. The van der Waals surface area contributed by atoms with E-state index >= 15 is 0 Å². The van der Waals surface area contributed by atoms with Gasteiger partial charge in [0.05, 0.1) is 24.0 Å². The fourth-order valence-corrected chi connectivity index (χ4v) is 2.63. The monoisotopic (exact) mass is 420 g/mol. The summed E-state index contributed by atoms with van der Waals surface area (Å²) in [4.78, 5) is 17.7. The highest BCUT2D eigenvalue weighted by molar-refractivity contribution is 5.99. The maximum atomic E-state index is 14.4. The van der Waals surface area contributed by atoms with E-state index in [0.717, 1.165) is 18.1 Å². The van der Waals surface area contributed by atoms with Crippen LogP contribution in [0.25, 0.3) is 0 Å². The molecular weight excluding hydrogens is 390 g/mol. The minimum Gasteiger partial charge on any atom is -0.378 e. The number of carbonyl (C=O) groups excluding carboxylic acids is 1. The highest BCUT2D eigenvalue weighted by Gasteiger charge is 2.19. The Labute approximate surface area is 176 Å². The number of ether oxygens (including phenoxy) is 1. The molecule has 0 aromatic heterocycles. The van der Waals surface area contributed by atoms with E-state index in [2.05, 4.69) is 24.6 Å². The molecule has 2 N–H and O–H groups in total. The van der Waals surface area contributed by atoms with Crippen molar-refractivity contribution in [3.05, 3.63) is 59.2 Å². The van der Waals surface area contributed by atoms with Gasteiger partial charge in [0.15, 0.2) is 11.6 Å². The predicted octanol–water partition coefficient (Wildman–Crippen LogP) is 5.52. The van der Waals surface area contributed by atoms with Crippen LogP contribution in [0.2, 0.25) is 0 Å². The van der Waals surface area contributed by atoms with E-state index in [1.54, 1.807) is 12.1 Å². The molecule has 0 aliphatic carbocycles. The molecule has 164 valence electrons. The minimum absolute atomic E-state index is 0.0114. The van der Waals surface area contributed by atoms with Crippen LogP contribution in [0.4, 0.5) is 20.2 Å². The second-order valence-corrected chi connectivity index (χ2v) is 7.71. The molecule has 0 saturated heterocycles. The van der Waals surface area contributed by atoms with Crippen LogP contribution in [0.3, 0.4) is 0 Å². The van der Waals surface area contributed by atoms with Gasteiger partial charge in [-0.25, -0.2) is 14.3 Å². The number of hydrogen-bond acceptors (Lipinski definition) is 4. The molecule has 2 aromatic rings. The first-order valence-corrected chi connectivity index (χ1v) is 10.1. The third-order valence-electron chi connectivity index (χ3n) is 4.55. The predicted molar refractivity (Wildman–Crippen MR) is 114 cm³/mol. The first kappa shape index (κ1) is 23.8. The Bertz CT molecular complexity index is 826. The summed E-state index contributed by atoms with van der Waals surface area (Å²) >= 11 is 0. The molecule has 2 aromatic carbocycles. The van der Waals surface area contributed by atoms with Gasteiger partial charge >= 0.3 is 0 Å². The molecule has 2 rings (SSSR count). The molecule has 1 atom stereocenters. The molecule has 5 nitrogen and oxygen atoms in total. The van der Waals surface area contributed by atoms with E-state index in [9.17, 15) is 13.6 Å². The second kappa shape index (κ2) is 11.6. The number of anilines is 2. The van der Waals surface area contributed by atoms with Gasteiger partial charge in [0.1, 0.15) is 0 Å². The number of benzene rings is 2. The first-order valence-electron chi connectivity index (χ1n) is 10.1. The summed E-state index contributed by atoms with van der Waals surface area (Å²) in [6.07, 6.45) is 1.56. The molecule has 0 saturated carbocycles. The van der Waals surface area contributed by atoms with Crippen LogP contribution in [-0.4, -0.2) is 25.2 Å². The summed E-state index contributed by atoms with van der Waals surface area (Å²) in [6.45, 7) is 9.02. The summed E-state index contributed by atoms with van der Waals surface area (Å²) < 4.78 is 33.8. The fourth-order valence-electron chi connectivity index (χ4n) is 2.63. The maximum Gasteiger partial charge on any atom is 0.277 e. The smallest absolute Gasteiger partial charge is 0.277 e. The number of hydrogen-bond donors (Lipinski definition) is 2. The Morgan fingerprint density at radius 1 is 1.00 bits per heavy atom. The molecule has 0 spiro atoms. The van der Waals surface area contributed by atoms with Crippen LogP contribution in [0.1, 0.15) is 49.5 Å². The van der Waals surface area contributed by atoms with Gasteiger partial charge in [-0.2, -0.15) is 0 Å². The maximum absolute atomic E-state index is 14.4. The lowest BCUT2D eigenvalue weighted by Crippen LogP contribution is -2.26. The fraction of sp³-hybridized carbons (Fsp3) is 0.435. The normalized spacial score (nSPS) is 12.1. The quantitative estimate of drug-likeness (QED) is 0.371. The SMILES string of the molecule is Cc1ccc(Nc2c(C(=O)NOCCC(C)OCCC(C)C)ccc(F)c2F)cc1. The van der Waals surface area contributed by atoms with Gasteiger partial charge in [0.2, 0.25) is 0 Å². The van der Waals surface area contributed by atoms with Crippen molar-refractivity contribution in [2.75, 3.05) is 18.5 Å². The highest BCUT2D eigenvalue weighted by Crippen LogP contribution is 2.26. The van der Waals surface area contributed by atoms with Gasteiger partial charge in [-0.15, -0.1) is 0 Å². The van der Waals surface area contributed by atoms with Crippen molar-refractivity contribution < 1.29 is 23.1 Å². The Morgan fingerprint density at radius 2 is 1.70 bits per heavy atom. The zero-order valence-corrected chi connectivity index (χ0v) is 17.9. The van der Waals surface area contributed by atoms with Gasteiger partial charge in [-0.05, 0) is 56.9 Å². The molecule has 7 heteroatoms. The molecule has 1 amide bonds. The summed E-state index contributed by atoms with van der Waals surface area (Å²) in [5, 5.41) is 2.78. The standard InChI is InChI=1S/C23H30F2N2O3/c1-15(2)11-13-29-17(4)12-14-30-27-23(28)19-9-10-20(24)21(25)22(19)26-18-7-5-16(3)6-8-18/h5-10,15,17,26H,11-14H2,1-4H3,(H,27,28). The van der Waals surface area contributed by atoms with Crippen LogP contribution in [0, 0.1) is 24.5 Å². The van der Waals surface area contributed by atoms with Crippen LogP contribution in [0.15, 0.2) is 36.4 Å². The van der Waals surface area contributed by atoms with E-state index in [4.69, 9.17) is 9.57 Å². The number of carbonyl (C=O) groups is 1. The van der Waals surface area contributed by atoms with Gasteiger partial charge in [0, 0.05) is 12.3 Å². The van der Waals surface area contributed by atoms with E-state index in [1.807, 2.05) is 26.0 Å². The third-order valence-corrected chi connectivity index (χ3v) is 4.55. The largest absolute Gasteiger partial charge is 0.378 e. The van der Waals surface area contributed by atoms with Crippen LogP contribution in [0.5, 0.6) is 0 Å².